The number of carbonyl (C=O) groups excluding carboxylic acids is 1. The molecule has 0 fully saturated rings. The lowest BCUT2D eigenvalue weighted by Crippen LogP contribution is -2.42. The fourth-order valence-corrected chi connectivity index (χ4v) is 2.60. The van der Waals surface area contributed by atoms with Gasteiger partial charge in [0.1, 0.15) is 0 Å². The number of methoxy groups -OCH3 is 1. The number of nitrogens with two attached hydrogens (primary N) is 1. The Morgan fingerprint density at radius 1 is 1.11 bits per heavy atom. The van der Waals surface area contributed by atoms with Crippen molar-refractivity contribution in [2.75, 3.05) is 14.2 Å². The first-order chi connectivity index (χ1) is 12.4. The van der Waals surface area contributed by atoms with Gasteiger partial charge >= 0.3 is 6.61 Å². The third kappa shape index (κ3) is 6.69. The summed E-state index contributed by atoms with van der Waals surface area (Å²) in [6.07, 6.45) is 0.423. The Hall–Kier alpha value is -2.38. The van der Waals surface area contributed by atoms with Gasteiger partial charge in [0.05, 0.1) is 13.2 Å². The molecule has 0 heterocycles. The van der Waals surface area contributed by atoms with Gasteiger partial charge in [0.25, 0.3) is 0 Å². The largest absolute Gasteiger partial charge is 0.493 e. The van der Waals surface area contributed by atoms with Crippen LogP contribution in [0.3, 0.4) is 0 Å². The topological polar surface area (TPSA) is 64.8 Å². The second-order valence-corrected chi connectivity index (χ2v) is 5.85. The lowest BCUT2D eigenvalue weighted by Gasteiger charge is -2.22. The van der Waals surface area contributed by atoms with Crippen LogP contribution in [-0.2, 0) is 17.8 Å². The molecule has 8 heteroatoms. The first-order valence-electron chi connectivity index (χ1n) is 8.07. The van der Waals surface area contributed by atoms with Crippen molar-refractivity contribution in [3.05, 3.63) is 59.7 Å². The number of alkyl halides is 2. The molecule has 2 aromatic carbocycles. The number of rotatable bonds is 8. The maximum atomic E-state index is 12.5. The van der Waals surface area contributed by atoms with Crippen LogP contribution in [0.25, 0.3) is 0 Å². The summed E-state index contributed by atoms with van der Waals surface area (Å²) in [7, 11) is 2.98. The average molecular weight is 401 g/mol. The van der Waals surface area contributed by atoms with E-state index in [1.54, 1.807) is 13.1 Å². The van der Waals surface area contributed by atoms with Crippen LogP contribution in [0.1, 0.15) is 11.1 Å². The Bertz CT molecular complexity index is 732. The predicted molar refractivity (Wildman–Crippen MR) is 101 cm³/mol. The summed E-state index contributed by atoms with van der Waals surface area (Å²) in [6, 6.07) is 13.4. The molecule has 1 atom stereocenters. The summed E-state index contributed by atoms with van der Waals surface area (Å²) < 4.78 is 34.5. The van der Waals surface area contributed by atoms with Gasteiger partial charge in [0.15, 0.2) is 11.5 Å². The average Bonchev–Trinajstić information content (AvgIpc) is 2.61. The molecule has 2 N–H and O–H groups in total. The molecule has 0 saturated heterocycles. The monoisotopic (exact) mass is 400 g/mol. The molecule has 0 spiro atoms. The molecule has 0 aromatic heterocycles. The standard InChI is InChI=1S/C19H22F2N2O3.ClH/c1-23(18(24)15(22)10-13-6-4-3-5-7-13)12-14-8-9-16(25-2)17(11-14)26-19(20)21;/h3-9,11,15,19H,10,12,22H2,1-2H3;1H/t15-;/m0./s1. The van der Waals surface area contributed by atoms with Crippen molar-refractivity contribution in [1.82, 2.24) is 4.90 Å². The summed E-state index contributed by atoms with van der Waals surface area (Å²) >= 11 is 0. The fraction of sp³-hybridized carbons (Fsp3) is 0.316. The molecule has 0 radical (unpaired) electrons. The third-order valence-electron chi connectivity index (χ3n) is 3.86. The molecule has 0 unspecified atom stereocenters. The second-order valence-electron chi connectivity index (χ2n) is 5.85. The molecule has 1 amide bonds. The van der Waals surface area contributed by atoms with Crippen molar-refractivity contribution < 1.29 is 23.0 Å². The van der Waals surface area contributed by atoms with E-state index in [0.29, 0.717) is 12.0 Å². The highest BCUT2D eigenvalue weighted by Crippen LogP contribution is 2.29. The van der Waals surface area contributed by atoms with E-state index < -0.39 is 12.7 Å². The van der Waals surface area contributed by atoms with Gasteiger partial charge in [-0.05, 0) is 29.7 Å². The van der Waals surface area contributed by atoms with Crippen LogP contribution in [0.15, 0.2) is 48.5 Å². The first-order valence-corrected chi connectivity index (χ1v) is 8.07. The Morgan fingerprint density at radius 2 is 1.78 bits per heavy atom. The number of ether oxygens (including phenoxy) is 2. The highest BCUT2D eigenvalue weighted by atomic mass is 35.5. The van der Waals surface area contributed by atoms with E-state index in [1.807, 2.05) is 30.3 Å². The number of amides is 1. The van der Waals surface area contributed by atoms with Gasteiger partial charge in [-0.1, -0.05) is 36.4 Å². The highest BCUT2D eigenvalue weighted by Gasteiger charge is 2.19. The Kier molecular flexibility index (Phi) is 8.97. The van der Waals surface area contributed by atoms with Gasteiger partial charge in [-0.15, -0.1) is 12.4 Å². The van der Waals surface area contributed by atoms with E-state index >= 15 is 0 Å². The predicted octanol–water partition coefficient (Wildman–Crippen LogP) is 3.25. The molecule has 27 heavy (non-hydrogen) atoms. The van der Waals surface area contributed by atoms with E-state index in [-0.39, 0.29) is 36.4 Å². The maximum absolute atomic E-state index is 12.5. The van der Waals surface area contributed by atoms with Gasteiger partial charge in [0, 0.05) is 13.6 Å². The molecule has 0 bridgehead atoms. The minimum atomic E-state index is -2.96. The zero-order valence-electron chi connectivity index (χ0n) is 15.1. The second kappa shape index (κ2) is 10.7. The molecule has 5 nitrogen and oxygen atoms in total. The number of carbonyl (C=O) groups is 1. The lowest BCUT2D eigenvalue weighted by atomic mass is 10.1. The summed E-state index contributed by atoms with van der Waals surface area (Å²) in [5, 5.41) is 0. The van der Waals surface area contributed by atoms with Crippen molar-refractivity contribution in [1.29, 1.82) is 0 Å². The van der Waals surface area contributed by atoms with Crippen LogP contribution >= 0.6 is 12.4 Å². The van der Waals surface area contributed by atoms with Gasteiger partial charge in [-0.2, -0.15) is 8.78 Å². The minimum Gasteiger partial charge on any atom is -0.493 e. The smallest absolute Gasteiger partial charge is 0.387 e. The molecule has 2 aromatic rings. The van der Waals surface area contributed by atoms with E-state index in [1.165, 1.54) is 24.1 Å². The van der Waals surface area contributed by atoms with Crippen LogP contribution in [0.2, 0.25) is 0 Å². The molecule has 0 saturated carbocycles. The van der Waals surface area contributed by atoms with E-state index in [0.717, 1.165) is 5.56 Å². The van der Waals surface area contributed by atoms with Crippen LogP contribution in [0, 0.1) is 0 Å². The van der Waals surface area contributed by atoms with Gasteiger partial charge in [-0.3, -0.25) is 4.79 Å². The van der Waals surface area contributed by atoms with Crippen molar-refractivity contribution in [3.63, 3.8) is 0 Å². The summed E-state index contributed by atoms with van der Waals surface area (Å²) in [6.45, 7) is -2.75. The zero-order chi connectivity index (χ0) is 19.1. The van der Waals surface area contributed by atoms with Crippen molar-refractivity contribution in [2.24, 2.45) is 5.73 Å². The first kappa shape index (κ1) is 22.7. The van der Waals surface area contributed by atoms with Gasteiger partial charge in [-0.25, -0.2) is 0 Å². The molecule has 0 aliphatic heterocycles. The van der Waals surface area contributed by atoms with Crippen molar-refractivity contribution >= 4 is 18.3 Å². The van der Waals surface area contributed by atoms with Crippen LogP contribution in [0.5, 0.6) is 11.5 Å². The number of halogens is 3. The summed E-state index contributed by atoms with van der Waals surface area (Å²) in [4.78, 5) is 13.9. The molecular weight excluding hydrogens is 378 g/mol. The number of hydrogen-bond donors (Lipinski definition) is 1. The van der Waals surface area contributed by atoms with Gasteiger partial charge < -0.3 is 20.1 Å². The summed E-state index contributed by atoms with van der Waals surface area (Å²) in [5.41, 5.74) is 7.61. The SMILES string of the molecule is COc1ccc(CN(C)C(=O)[C@@H](N)Cc2ccccc2)cc1OC(F)F.Cl. The van der Waals surface area contributed by atoms with Crippen LogP contribution in [-0.4, -0.2) is 37.6 Å². The van der Waals surface area contributed by atoms with E-state index in [2.05, 4.69) is 4.74 Å². The zero-order valence-corrected chi connectivity index (χ0v) is 15.9. The lowest BCUT2D eigenvalue weighted by molar-refractivity contribution is -0.131. The quantitative estimate of drug-likeness (QED) is 0.738. The highest BCUT2D eigenvalue weighted by molar-refractivity contribution is 5.85. The third-order valence-corrected chi connectivity index (χ3v) is 3.86. The van der Waals surface area contributed by atoms with Crippen molar-refractivity contribution in [2.45, 2.75) is 25.6 Å². The Labute approximate surface area is 163 Å². The molecule has 0 aliphatic rings. The molecule has 0 aliphatic carbocycles. The number of likely N-dealkylation sites (N-methyl/N-ethyl adjacent to an activating group) is 1. The number of nitrogens with zero attached hydrogens (tertiary/aromatic N) is 1. The number of hydrogen-bond acceptors (Lipinski definition) is 4. The Balaban J connectivity index is 0.00000364. The van der Waals surface area contributed by atoms with Crippen molar-refractivity contribution in [3.8, 4) is 11.5 Å². The minimum absolute atomic E-state index is 0. The van der Waals surface area contributed by atoms with E-state index in [9.17, 15) is 13.6 Å². The number of benzene rings is 2. The molecule has 2 rings (SSSR count). The van der Waals surface area contributed by atoms with E-state index in [4.69, 9.17) is 10.5 Å². The Morgan fingerprint density at radius 3 is 2.37 bits per heavy atom. The normalized spacial score (nSPS) is 11.5. The molecule has 148 valence electrons. The van der Waals surface area contributed by atoms with Crippen LogP contribution < -0.4 is 15.2 Å². The van der Waals surface area contributed by atoms with Crippen LogP contribution in [0.4, 0.5) is 8.78 Å². The maximum Gasteiger partial charge on any atom is 0.387 e. The summed E-state index contributed by atoms with van der Waals surface area (Å²) in [5.74, 6) is -0.112. The van der Waals surface area contributed by atoms with Gasteiger partial charge in [0.2, 0.25) is 5.91 Å². The fourth-order valence-electron chi connectivity index (χ4n) is 2.60. The molecular formula is C19H23ClF2N2O3.